The minimum absolute atomic E-state index is 0.00409. The van der Waals surface area contributed by atoms with Crippen molar-refractivity contribution in [3.05, 3.63) is 45.1 Å². The number of hydrogen-bond donors (Lipinski definition) is 0. The fourth-order valence-electron chi connectivity index (χ4n) is 1.64. The minimum Gasteiger partial charge on any atom is -0.453 e. The lowest BCUT2D eigenvalue weighted by molar-refractivity contribution is 0.0962. The van der Waals surface area contributed by atoms with Gasteiger partial charge in [-0.25, -0.2) is 0 Å². The van der Waals surface area contributed by atoms with Gasteiger partial charge in [0.2, 0.25) is 0 Å². The van der Waals surface area contributed by atoms with Gasteiger partial charge in [-0.15, -0.1) is 0 Å². The van der Waals surface area contributed by atoms with Gasteiger partial charge in [0.15, 0.2) is 11.5 Å². The van der Waals surface area contributed by atoms with Gasteiger partial charge in [0.25, 0.3) is 0 Å². The van der Waals surface area contributed by atoms with E-state index < -0.39 is 0 Å². The van der Waals surface area contributed by atoms with E-state index in [4.69, 9.17) is 16.0 Å². The number of hydrogen-bond acceptors (Lipinski definition) is 2. The maximum Gasteiger partial charge on any atom is 0.197 e. The molecule has 0 unspecified atom stereocenters. The van der Waals surface area contributed by atoms with Crippen LogP contribution in [0.2, 0.25) is 5.02 Å². The van der Waals surface area contributed by atoms with E-state index >= 15 is 0 Å². The predicted molar refractivity (Wildman–Crippen MR) is 76.2 cm³/mol. The Kier molecular flexibility index (Phi) is 3.93. The normalized spacial score (nSPS) is 10.7. The average Bonchev–Trinajstić information content (AvgIpc) is 2.82. The molecule has 1 aromatic heterocycles. The third-order valence-corrected chi connectivity index (χ3v) is 3.78. The Labute approximate surface area is 119 Å². The summed E-state index contributed by atoms with van der Waals surface area (Å²) in [6, 6.07) is 7.25. The van der Waals surface area contributed by atoms with Gasteiger partial charge in [0.1, 0.15) is 5.76 Å². The molecule has 1 heterocycles. The van der Waals surface area contributed by atoms with E-state index in [1.165, 1.54) is 0 Å². The van der Waals surface area contributed by atoms with Crippen molar-refractivity contribution in [1.82, 2.24) is 0 Å². The van der Waals surface area contributed by atoms with Crippen molar-refractivity contribution < 1.29 is 9.21 Å². The largest absolute Gasteiger partial charge is 0.453 e. The molecule has 0 spiro atoms. The van der Waals surface area contributed by atoms with Crippen LogP contribution in [0.5, 0.6) is 0 Å². The van der Waals surface area contributed by atoms with Gasteiger partial charge in [-0.3, -0.25) is 4.79 Å². The van der Waals surface area contributed by atoms with Gasteiger partial charge in [0.05, 0.1) is 0 Å². The molecule has 0 saturated carbocycles. The van der Waals surface area contributed by atoms with E-state index in [2.05, 4.69) is 15.9 Å². The Balaban J connectivity index is 2.46. The second-order valence-corrected chi connectivity index (χ2v) is 5.28. The summed E-state index contributed by atoms with van der Waals surface area (Å²) in [6.45, 7) is 3.74. The standard InChI is InChI=1S/C14H12BrClO2/c1-3-12(17)14-5-4-13(18-14)9-7-11(16)8(2)6-10(9)15/h4-7H,3H2,1-2H3. The van der Waals surface area contributed by atoms with E-state index in [1.54, 1.807) is 12.1 Å². The summed E-state index contributed by atoms with van der Waals surface area (Å²) >= 11 is 9.58. The van der Waals surface area contributed by atoms with Crippen LogP contribution in [0, 0.1) is 6.92 Å². The Morgan fingerprint density at radius 3 is 2.78 bits per heavy atom. The Hall–Kier alpha value is -1.06. The quantitative estimate of drug-likeness (QED) is 0.719. The van der Waals surface area contributed by atoms with Crippen molar-refractivity contribution in [1.29, 1.82) is 0 Å². The van der Waals surface area contributed by atoms with Crippen LogP contribution in [-0.4, -0.2) is 5.78 Å². The van der Waals surface area contributed by atoms with E-state index in [0.29, 0.717) is 23.0 Å². The lowest BCUT2D eigenvalue weighted by Crippen LogP contribution is -1.92. The number of rotatable bonds is 3. The van der Waals surface area contributed by atoms with E-state index in [1.807, 2.05) is 26.0 Å². The zero-order valence-electron chi connectivity index (χ0n) is 10.1. The van der Waals surface area contributed by atoms with Crippen LogP contribution in [0.4, 0.5) is 0 Å². The van der Waals surface area contributed by atoms with Crippen molar-refractivity contribution in [3.63, 3.8) is 0 Å². The molecular formula is C14H12BrClO2. The van der Waals surface area contributed by atoms with Gasteiger partial charge < -0.3 is 4.42 Å². The average molecular weight is 328 g/mol. The van der Waals surface area contributed by atoms with Crippen LogP contribution in [-0.2, 0) is 0 Å². The van der Waals surface area contributed by atoms with E-state index in [-0.39, 0.29) is 5.78 Å². The molecule has 2 aromatic rings. The first-order valence-corrected chi connectivity index (χ1v) is 6.79. The van der Waals surface area contributed by atoms with Crippen molar-refractivity contribution in [2.45, 2.75) is 20.3 Å². The number of ketones is 1. The molecule has 0 N–H and O–H groups in total. The fraction of sp³-hybridized carbons (Fsp3) is 0.214. The summed E-state index contributed by atoms with van der Waals surface area (Å²) in [7, 11) is 0. The molecule has 0 fully saturated rings. The third kappa shape index (κ3) is 2.52. The molecule has 0 aliphatic heterocycles. The second-order valence-electron chi connectivity index (χ2n) is 4.02. The van der Waals surface area contributed by atoms with Gasteiger partial charge >= 0.3 is 0 Å². The predicted octanol–water partition coefficient (Wildman–Crippen LogP) is 5.26. The van der Waals surface area contributed by atoms with Crippen LogP contribution >= 0.6 is 27.5 Å². The molecular weight excluding hydrogens is 316 g/mol. The molecule has 4 heteroatoms. The number of carbonyl (C=O) groups excluding carboxylic acids is 1. The van der Waals surface area contributed by atoms with Crippen LogP contribution in [0.15, 0.2) is 33.2 Å². The molecule has 0 aliphatic rings. The third-order valence-electron chi connectivity index (χ3n) is 2.72. The van der Waals surface area contributed by atoms with Crippen LogP contribution in [0.25, 0.3) is 11.3 Å². The highest BCUT2D eigenvalue weighted by Crippen LogP contribution is 2.34. The van der Waals surface area contributed by atoms with Crippen LogP contribution in [0.1, 0.15) is 29.5 Å². The zero-order chi connectivity index (χ0) is 13.3. The summed E-state index contributed by atoms with van der Waals surface area (Å²) in [4.78, 5) is 11.5. The first-order chi connectivity index (χ1) is 8.52. The lowest BCUT2D eigenvalue weighted by atomic mass is 10.1. The van der Waals surface area contributed by atoms with Crippen LogP contribution in [0.3, 0.4) is 0 Å². The van der Waals surface area contributed by atoms with Gasteiger partial charge in [-0.1, -0.05) is 34.5 Å². The van der Waals surface area contributed by atoms with Gasteiger partial charge in [0, 0.05) is 21.5 Å². The molecule has 2 nitrogen and oxygen atoms in total. The first-order valence-electron chi connectivity index (χ1n) is 5.62. The van der Waals surface area contributed by atoms with Crippen molar-refractivity contribution in [2.75, 3.05) is 0 Å². The number of aryl methyl sites for hydroxylation is 1. The Morgan fingerprint density at radius 1 is 1.39 bits per heavy atom. The topological polar surface area (TPSA) is 30.2 Å². The lowest BCUT2D eigenvalue weighted by Gasteiger charge is -2.05. The Bertz CT molecular complexity index is 602. The molecule has 0 bridgehead atoms. The van der Waals surface area contributed by atoms with Gasteiger partial charge in [-0.2, -0.15) is 0 Å². The number of carbonyl (C=O) groups is 1. The first kappa shape index (κ1) is 13.4. The monoisotopic (exact) mass is 326 g/mol. The van der Waals surface area contributed by atoms with Crippen molar-refractivity contribution in [2.24, 2.45) is 0 Å². The summed E-state index contributed by atoms with van der Waals surface area (Å²) in [5, 5.41) is 0.674. The summed E-state index contributed by atoms with van der Waals surface area (Å²) in [6.07, 6.45) is 0.433. The maximum atomic E-state index is 11.5. The molecule has 18 heavy (non-hydrogen) atoms. The molecule has 0 saturated heterocycles. The molecule has 94 valence electrons. The highest BCUT2D eigenvalue weighted by Gasteiger charge is 2.13. The van der Waals surface area contributed by atoms with Crippen LogP contribution < -0.4 is 0 Å². The molecule has 2 rings (SSSR count). The van der Waals surface area contributed by atoms with E-state index in [9.17, 15) is 4.79 Å². The van der Waals surface area contributed by atoms with Crippen molar-refractivity contribution >= 4 is 33.3 Å². The number of furan rings is 1. The van der Waals surface area contributed by atoms with E-state index in [0.717, 1.165) is 15.6 Å². The SMILES string of the molecule is CCC(=O)c1ccc(-c2cc(Cl)c(C)cc2Br)o1. The summed E-state index contributed by atoms with van der Waals surface area (Å²) in [5.41, 5.74) is 1.84. The zero-order valence-corrected chi connectivity index (χ0v) is 12.4. The summed E-state index contributed by atoms with van der Waals surface area (Å²) < 4.78 is 6.46. The fourth-order valence-corrected chi connectivity index (χ4v) is 2.46. The highest BCUT2D eigenvalue weighted by molar-refractivity contribution is 9.10. The molecule has 1 aromatic carbocycles. The minimum atomic E-state index is -0.00409. The smallest absolute Gasteiger partial charge is 0.197 e. The van der Waals surface area contributed by atoms with Gasteiger partial charge in [-0.05, 0) is 36.8 Å². The molecule has 0 atom stereocenters. The number of halogens is 2. The molecule has 0 amide bonds. The number of benzene rings is 1. The second kappa shape index (κ2) is 5.29. The maximum absolute atomic E-state index is 11.5. The molecule has 0 aliphatic carbocycles. The van der Waals surface area contributed by atoms with Crippen molar-refractivity contribution in [3.8, 4) is 11.3 Å². The Morgan fingerprint density at radius 2 is 2.11 bits per heavy atom. The number of Topliss-reactive ketones (excluding diaryl/α,β-unsaturated/α-hetero) is 1. The molecule has 0 radical (unpaired) electrons. The summed E-state index contributed by atoms with van der Waals surface area (Å²) in [5.74, 6) is 1.02. The highest BCUT2D eigenvalue weighted by atomic mass is 79.9.